The minimum Gasteiger partial charge on any atom is -0.463 e. The van der Waals surface area contributed by atoms with E-state index in [2.05, 4.69) is 4.74 Å². The number of Topliss-reactive ketones (excluding diaryl/α,β-unsaturated/α-hetero) is 1. The summed E-state index contributed by atoms with van der Waals surface area (Å²) >= 11 is 0. The summed E-state index contributed by atoms with van der Waals surface area (Å²) in [7, 11) is 2.97. The quantitative estimate of drug-likeness (QED) is 0.482. The summed E-state index contributed by atoms with van der Waals surface area (Å²) < 4.78 is 6.23. The van der Waals surface area contributed by atoms with Crippen LogP contribution < -0.4 is 0 Å². The SMILES string of the molecule is COC(=O)C(=O)c1c(-c2ccccc2)cc(C)n1C. The molecule has 0 aliphatic rings. The minimum atomic E-state index is -0.849. The van der Waals surface area contributed by atoms with Gasteiger partial charge in [0.05, 0.1) is 7.11 Å². The second-order valence-electron chi connectivity index (χ2n) is 4.29. The van der Waals surface area contributed by atoms with Gasteiger partial charge in [-0.3, -0.25) is 4.79 Å². The van der Waals surface area contributed by atoms with Crippen LogP contribution >= 0.6 is 0 Å². The Kier molecular flexibility index (Phi) is 3.51. The number of ether oxygens (including phenoxy) is 1. The lowest BCUT2D eigenvalue weighted by atomic mass is 10.0. The zero-order valence-electron chi connectivity index (χ0n) is 11.1. The Morgan fingerprint density at radius 1 is 1.16 bits per heavy atom. The number of benzene rings is 1. The van der Waals surface area contributed by atoms with Gasteiger partial charge in [-0.2, -0.15) is 0 Å². The number of carbonyl (C=O) groups excluding carboxylic acids is 2. The van der Waals surface area contributed by atoms with E-state index in [1.807, 2.05) is 43.3 Å². The lowest BCUT2D eigenvalue weighted by Gasteiger charge is -2.06. The second-order valence-corrected chi connectivity index (χ2v) is 4.29. The average Bonchev–Trinajstić information content (AvgIpc) is 2.74. The molecule has 4 nitrogen and oxygen atoms in total. The van der Waals surface area contributed by atoms with Gasteiger partial charge < -0.3 is 9.30 Å². The van der Waals surface area contributed by atoms with E-state index in [-0.39, 0.29) is 0 Å². The summed E-state index contributed by atoms with van der Waals surface area (Å²) in [4.78, 5) is 23.6. The number of nitrogens with zero attached hydrogens (tertiary/aromatic N) is 1. The molecule has 4 heteroatoms. The zero-order chi connectivity index (χ0) is 14.0. The largest absolute Gasteiger partial charge is 0.463 e. The molecule has 0 aliphatic carbocycles. The fraction of sp³-hybridized carbons (Fsp3) is 0.200. The van der Waals surface area contributed by atoms with Gasteiger partial charge >= 0.3 is 5.97 Å². The molecule has 0 spiro atoms. The summed E-state index contributed by atoms with van der Waals surface area (Å²) in [5, 5.41) is 0. The van der Waals surface area contributed by atoms with Gasteiger partial charge in [0.15, 0.2) is 0 Å². The third-order valence-corrected chi connectivity index (χ3v) is 3.14. The molecule has 2 aromatic rings. The Morgan fingerprint density at radius 2 is 1.79 bits per heavy atom. The van der Waals surface area contributed by atoms with Crippen LogP contribution in [0.25, 0.3) is 11.1 Å². The van der Waals surface area contributed by atoms with Crippen molar-refractivity contribution >= 4 is 11.8 Å². The van der Waals surface area contributed by atoms with Crippen molar-refractivity contribution in [2.45, 2.75) is 6.92 Å². The molecular formula is C15H15NO3. The minimum absolute atomic E-state index is 0.357. The molecule has 19 heavy (non-hydrogen) atoms. The molecule has 98 valence electrons. The van der Waals surface area contributed by atoms with Crippen molar-refractivity contribution in [2.75, 3.05) is 7.11 Å². The summed E-state index contributed by atoms with van der Waals surface area (Å²) in [6.07, 6.45) is 0. The third kappa shape index (κ3) is 2.29. The fourth-order valence-corrected chi connectivity index (χ4v) is 2.03. The number of methoxy groups -OCH3 is 1. The Morgan fingerprint density at radius 3 is 2.37 bits per heavy atom. The van der Waals surface area contributed by atoms with Crippen LogP contribution in [0.1, 0.15) is 16.2 Å². The lowest BCUT2D eigenvalue weighted by Crippen LogP contribution is -2.19. The van der Waals surface area contributed by atoms with Crippen molar-refractivity contribution in [1.82, 2.24) is 4.57 Å². The first-order valence-corrected chi connectivity index (χ1v) is 5.90. The van der Waals surface area contributed by atoms with Crippen molar-refractivity contribution in [2.24, 2.45) is 7.05 Å². The van der Waals surface area contributed by atoms with E-state index < -0.39 is 11.8 Å². The van der Waals surface area contributed by atoms with Crippen molar-refractivity contribution in [3.63, 3.8) is 0 Å². The van der Waals surface area contributed by atoms with Gasteiger partial charge in [-0.25, -0.2) is 4.79 Å². The second kappa shape index (κ2) is 5.10. The highest BCUT2D eigenvalue weighted by molar-refractivity contribution is 6.41. The standard InChI is InChI=1S/C15H15NO3/c1-10-9-12(11-7-5-4-6-8-11)13(16(10)2)14(17)15(18)19-3/h4-9H,1-3H3. The number of hydrogen-bond acceptors (Lipinski definition) is 3. The van der Waals surface area contributed by atoms with Crippen LogP contribution in [-0.4, -0.2) is 23.4 Å². The molecule has 0 bridgehead atoms. The molecular weight excluding hydrogens is 242 g/mol. The van der Waals surface area contributed by atoms with Gasteiger partial charge in [0.2, 0.25) is 0 Å². The van der Waals surface area contributed by atoms with Crippen LogP contribution in [-0.2, 0) is 16.6 Å². The van der Waals surface area contributed by atoms with Crippen LogP contribution in [0.2, 0.25) is 0 Å². The van der Waals surface area contributed by atoms with E-state index in [0.29, 0.717) is 5.69 Å². The molecule has 0 saturated heterocycles. The van der Waals surface area contributed by atoms with Crippen LogP contribution in [0, 0.1) is 6.92 Å². The lowest BCUT2D eigenvalue weighted by molar-refractivity contribution is -0.135. The molecule has 0 atom stereocenters. The van der Waals surface area contributed by atoms with Gasteiger partial charge in [0.25, 0.3) is 5.78 Å². The van der Waals surface area contributed by atoms with Crippen LogP contribution in [0.15, 0.2) is 36.4 Å². The maximum absolute atomic E-state index is 12.1. The highest BCUT2D eigenvalue weighted by Gasteiger charge is 2.25. The third-order valence-electron chi connectivity index (χ3n) is 3.14. The summed E-state index contributed by atoms with van der Waals surface area (Å²) in [6, 6.07) is 11.4. The molecule has 0 aliphatic heterocycles. The summed E-state index contributed by atoms with van der Waals surface area (Å²) in [5.74, 6) is -1.48. The molecule has 0 unspecified atom stereocenters. The predicted molar refractivity (Wildman–Crippen MR) is 71.9 cm³/mol. The summed E-state index contributed by atoms with van der Waals surface area (Å²) in [5.41, 5.74) is 2.91. The number of hydrogen-bond donors (Lipinski definition) is 0. The van der Waals surface area contributed by atoms with Crippen LogP contribution in [0.5, 0.6) is 0 Å². The van der Waals surface area contributed by atoms with Gasteiger partial charge in [-0.05, 0) is 18.6 Å². The molecule has 0 radical (unpaired) electrons. The first-order chi connectivity index (χ1) is 9.06. The average molecular weight is 257 g/mol. The first-order valence-electron chi connectivity index (χ1n) is 5.90. The van der Waals surface area contributed by atoms with Crippen molar-refractivity contribution in [1.29, 1.82) is 0 Å². The molecule has 0 saturated carbocycles. The number of ketones is 1. The number of carbonyl (C=O) groups is 2. The Balaban J connectivity index is 2.61. The number of aromatic nitrogens is 1. The number of aryl methyl sites for hydroxylation is 1. The molecule has 0 amide bonds. The van der Waals surface area contributed by atoms with E-state index in [9.17, 15) is 9.59 Å². The molecule has 1 aromatic heterocycles. The smallest absolute Gasteiger partial charge is 0.381 e. The van der Waals surface area contributed by atoms with Crippen molar-refractivity contribution in [3.05, 3.63) is 47.8 Å². The van der Waals surface area contributed by atoms with Crippen molar-refractivity contribution in [3.8, 4) is 11.1 Å². The molecule has 0 N–H and O–H groups in total. The highest BCUT2D eigenvalue weighted by atomic mass is 16.5. The number of esters is 1. The van der Waals surface area contributed by atoms with Gasteiger partial charge in [-0.15, -0.1) is 0 Å². The molecule has 2 rings (SSSR count). The van der Waals surface area contributed by atoms with Gasteiger partial charge in [-0.1, -0.05) is 30.3 Å². The zero-order valence-corrected chi connectivity index (χ0v) is 11.1. The first kappa shape index (κ1) is 13.1. The maximum atomic E-state index is 12.1. The normalized spacial score (nSPS) is 10.3. The molecule has 1 heterocycles. The van der Waals surface area contributed by atoms with Gasteiger partial charge in [0.1, 0.15) is 5.69 Å². The topological polar surface area (TPSA) is 48.3 Å². The predicted octanol–water partition coefficient (Wildman–Crippen LogP) is 2.36. The Labute approximate surface area is 111 Å². The van der Waals surface area contributed by atoms with E-state index in [1.165, 1.54) is 7.11 Å². The maximum Gasteiger partial charge on any atom is 0.381 e. The van der Waals surface area contributed by atoms with Crippen LogP contribution in [0.4, 0.5) is 0 Å². The van der Waals surface area contributed by atoms with E-state index in [0.717, 1.165) is 16.8 Å². The summed E-state index contributed by atoms with van der Waals surface area (Å²) in [6.45, 7) is 1.89. The van der Waals surface area contributed by atoms with E-state index in [4.69, 9.17) is 0 Å². The van der Waals surface area contributed by atoms with E-state index >= 15 is 0 Å². The molecule has 1 aromatic carbocycles. The molecule has 0 fully saturated rings. The number of rotatable bonds is 3. The highest BCUT2D eigenvalue weighted by Crippen LogP contribution is 2.27. The fourth-order valence-electron chi connectivity index (χ4n) is 2.03. The van der Waals surface area contributed by atoms with Gasteiger partial charge in [0, 0.05) is 18.3 Å². The Bertz CT molecular complexity index is 626. The monoisotopic (exact) mass is 257 g/mol. The van der Waals surface area contributed by atoms with E-state index in [1.54, 1.807) is 11.6 Å². The van der Waals surface area contributed by atoms with Crippen molar-refractivity contribution < 1.29 is 14.3 Å². The Hall–Kier alpha value is -2.36. The van der Waals surface area contributed by atoms with Crippen LogP contribution in [0.3, 0.4) is 0 Å².